The fourth-order valence-electron chi connectivity index (χ4n) is 2.93. The Morgan fingerprint density at radius 2 is 1.69 bits per heavy atom. The van der Waals surface area contributed by atoms with Crippen LogP contribution in [-0.4, -0.2) is 55.7 Å². The lowest BCUT2D eigenvalue weighted by Crippen LogP contribution is -2.47. The summed E-state index contributed by atoms with van der Waals surface area (Å²) in [5.74, 6) is 1.56. The van der Waals surface area contributed by atoms with E-state index in [9.17, 15) is 13.2 Å². The summed E-state index contributed by atoms with van der Waals surface area (Å²) in [5.41, 5.74) is -0.274. The first-order chi connectivity index (χ1) is 12.4. The summed E-state index contributed by atoms with van der Waals surface area (Å²) in [6.45, 7) is 3.96. The van der Waals surface area contributed by atoms with E-state index in [-0.39, 0.29) is 5.95 Å². The van der Waals surface area contributed by atoms with E-state index in [0.717, 1.165) is 18.1 Å². The van der Waals surface area contributed by atoms with Crippen LogP contribution in [0.1, 0.15) is 11.5 Å². The quantitative estimate of drug-likeness (QED) is 0.683. The smallest absolute Gasteiger partial charge is 0.350 e. The van der Waals surface area contributed by atoms with Crippen molar-refractivity contribution < 1.29 is 13.2 Å². The van der Waals surface area contributed by atoms with Crippen LogP contribution in [0.15, 0.2) is 24.7 Å². The number of hydrogen-bond acceptors (Lipinski definition) is 7. The van der Waals surface area contributed by atoms with E-state index in [4.69, 9.17) is 0 Å². The zero-order valence-corrected chi connectivity index (χ0v) is 13.8. The molecule has 0 aromatic carbocycles. The van der Waals surface area contributed by atoms with E-state index in [1.54, 1.807) is 17.3 Å². The molecule has 4 heterocycles. The average Bonchev–Trinajstić information content (AvgIpc) is 3.03. The minimum absolute atomic E-state index is 0.0870. The molecule has 0 bridgehead atoms. The molecule has 0 aliphatic carbocycles. The van der Waals surface area contributed by atoms with Crippen molar-refractivity contribution in [2.45, 2.75) is 13.1 Å². The van der Waals surface area contributed by atoms with E-state index in [1.165, 1.54) is 0 Å². The van der Waals surface area contributed by atoms with Gasteiger partial charge in [-0.1, -0.05) is 0 Å². The zero-order valence-electron chi connectivity index (χ0n) is 13.8. The maximum absolute atomic E-state index is 12.8. The number of alkyl halides is 3. The van der Waals surface area contributed by atoms with Crippen molar-refractivity contribution in [2.75, 3.05) is 36.0 Å². The number of rotatable bonds is 2. The number of nitrogens with zero attached hydrogens (tertiary/aromatic N) is 8. The normalized spacial score (nSPS) is 15.7. The van der Waals surface area contributed by atoms with Gasteiger partial charge in [0.05, 0.1) is 0 Å². The Hall–Kier alpha value is -2.98. The Morgan fingerprint density at radius 1 is 0.962 bits per heavy atom. The van der Waals surface area contributed by atoms with E-state index in [0.29, 0.717) is 37.6 Å². The maximum Gasteiger partial charge on any atom is 0.433 e. The number of halogens is 3. The highest BCUT2D eigenvalue weighted by atomic mass is 19.4. The van der Waals surface area contributed by atoms with Crippen molar-refractivity contribution >= 4 is 17.4 Å². The predicted octanol–water partition coefficient (Wildman–Crippen LogP) is 1.57. The first-order valence-corrected chi connectivity index (χ1v) is 8.00. The summed E-state index contributed by atoms with van der Waals surface area (Å²) in [5, 5.41) is 8.21. The van der Waals surface area contributed by atoms with Crippen LogP contribution >= 0.6 is 0 Å². The van der Waals surface area contributed by atoms with Gasteiger partial charge >= 0.3 is 6.18 Å². The van der Waals surface area contributed by atoms with Crippen LogP contribution in [0, 0.1) is 6.92 Å². The highest BCUT2D eigenvalue weighted by Crippen LogP contribution is 2.28. The molecule has 0 spiro atoms. The highest BCUT2D eigenvalue weighted by molar-refractivity contribution is 5.64. The molecule has 3 aromatic rings. The molecule has 8 nitrogen and oxygen atoms in total. The lowest BCUT2D eigenvalue weighted by Gasteiger charge is -2.35. The van der Waals surface area contributed by atoms with Crippen molar-refractivity contribution in [1.29, 1.82) is 0 Å². The fraction of sp³-hybridized carbons (Fsp3) is 0.400. The van der Waals surface area contributed by atoms with E-state index in [2.05, 4.69) is 25.1 Å². The summed E-state index contributed by atoms with van der Waals surface area (Å²) >= 11 is 0. The zero-order chi connectivity index (χ0) is 18.3. The van der Waals surface area contributed by atoms with Crippen LogP contribution in [0.5, 0.6) is 0 Å². The molecule has 0 atom stereocenters. The molecule has 3 aromatic heterocycles. The highest BCUT2D eigenvalue weighted by Gasteiger charge is 2.33. The van der Waals surface area contributed by atoms with Gasteiger partial charge in [0, 0.05) is 44.8 Å². The number of piperazine rings is 1. The Kier molecular flexibility index (Phi) is 3.85. The molecule has 11 heteroatoms. The Bertz CT molecular complexity index is 930. The van der Waals surface area contributed by atoms with Crippen molar-refractivity contribution in [3.05, 3.63) is 36.2 Å². The number of aromatic nitrogens is 6. The first-order valence-electron chi connectivity index (χ1n) is 8.00. The molecular weight excluding hydrogens is 349 g/mol. The number of fused-ring (bicyclic) bond motifs is 1. The molecule has 0 amide bonds. The number of aryl methyl sites for hydroxylation is 1. The molecule has 4 rings (SSSR count). The number of anilines is 2. The van der Waals surface area contributed by atoms with Gasteiger partial charge in [-0.2, -0.15) is 13.2 Å². The van der Waals surface area contributed by atoms with Crippen LogP contribution < -0.4 is 9.80 Å². The van der Waals surface area contributed by atoms with Gasteiger partial charge in [-0.3, -0.25) is 4.40 Å². The summed E-state index contributed by atoms with van der Waals surface area (Å²) < 4.78 is 40.3. The standard InChI is InChI=1S/C15H15F3N8/c1-10-22-23-13-12(19-4-5-26(10)13)24-6-8-25(9-7-24)14-20-3-2-11(21-14)15(16,17)18/h2-5H,6-9H2,1H3. The minimum Gasteiger partial charge on any atom is -0.350 e. The lowest BCUT2D eigenvalue weighted by molar-refractivity contribution is -0.141. The monoisotopic (exact) mass is 364 g/mol. The van der Waals surface area contributed by atoms with Crippen LogP contribution in [0.25, 0.3) is 5.65 Å². The molecular formula is C15H15F3N8. The lowest BCUT2D eigenvalue weighted by atomic mass is 10.3. The topological polar surface area (TPSA) is 75.3 Å². The number of hydrogen-bond donors (Lipinski definition) is 0. The van der Waals surface area contributed by atoms with Crippen LogP contribution in [0.4, 0.5) is 24.9 Å². The molecule has 136 valence electrons. The van der Waals surface area contributed by atoms with Crippen molar-refractivity contribution in [3.63, 3.8) is 0 Å². The third-order valence-corrected chi connectivity index (χ3v) is 4.27. The second-order valence-electron chi connectivity index (χ2n) is 5.91. The maximum atomic E-state index is 12.8. The summed E-state index contributed by atoms with van der Waals surface area (Å²) in [7, 11) is 0. The van der Waals surface area contributed by atoms with Gasteiger partial charge in [-0.25, -0.2) is 15.0 Å². The third-order valence-electron chi connectivity index (χ3n) is 4.27. The molecule has 1 aliphatic heterocycles. The SMILES string of the molecule is Cc1nnc2c(N3CCN(c4nccc(C(F)(F)F)n4)CC3)nccn12. The van der Waals surface area contributed by atoms with Gasteiger partial charge in [-0.15, -0.1) is 10.2 Å². The largest absolute Gasteiger partial charge is 0.433 e. The van der Waals surface area contributed by atoms with Gasteiger partial charge in [0.25, 0.3) is 0 Å². The molecule has 1 aliphatic rings. The van der Waals surface area contributed by atoms with E-state index < -0.39 is 11.9 Å². The van der Waals surface area contributed by atoms with Gasteiger partial charge < -0.3 is 9.80 Å². The average molecular weight is 364 g/mol. The molecule has 0 saturated carbocycles. The summed E-state index contributed by atoms with van der Waals surface area (Å²) in [4.78, 5) is 15.8. The minimum atomic E-state index is -4.48. The predicted molar refractivity (Wildman–Crippen MR) is 87.0 cm³/mol. The molecule has 1 fully saturated rings. The van der Waals surface area contributed by atoms with Gasteiger partial charge in [0.15, 0.2) is 5.82 Å². The summed E-state index contributed by atoms with van der Waals surface area (Å²) in [6, 6.07) is 0.873. The second-order valence-corrected chi connectivity index (χ2v) is 5.91. The second kappa shape index (κ2) is 6.07. The molecule has 0 N–H and O–H groups in total. The Morgan fingerprint density at radius 3 is 2.42 bits per heavy atom. The Labute approximate surface area is 146 Å². The molecule has 0 radical (unpaired) electrons. The van der Waals surface area contributed by atoms with Gasteiger partial charge in [-0.05, 0) is 13.0 Å². The van der Waals surface area contributed by atoms with Crippen molar-refractivity contribution in [2.24, 2.45) is 0 Å². The molecule has 26 heavy (non-hydrogen) atoms. The molecule has 0 unspecified atom stereocenters. The Balaban J connectivity index is 1.52. The van der Waals surface area contributed by atoms with Crippen LogP contribution in [-0.2, 0) is 6.18 Å². The van der Waals surface area contributed by atoms with Crippen molar-refractivity contribution in [3.8, 4) is 0 Å². The third kappa shape index (κ3) is 2.89. The first kappa shape index (κ1) is 16.5. The van der Waals surface area contributed by atoms with Gasteiger partial charge in [0.2, 0.25) is 11.6 Å². The van der Waals surface area contributed by atoms with Crippen LogP contribution in [0.3, 0.4) is 0 Å². The van der Waals surface area contributed by atoms with Crippen LogP contribution in [0.2, 0.25) is 0 Å². The fourth-order valence-corrected chi connectivity index (χ4v) is 2.93. The van der Waals surface area contributed by atoms with E-state index >= 15 is 0 Å². The summed E-state index contributed by atoms with van der Waals surface area (Å²) in [6.07, 6.45) is 0.130. The molecule has 1 saturated heterocycles. The van der Waals surface area contributed by atoms with E-state index in [1.807, 2.05) is 16.2 Å². The van der Waals surface area contributed by atoms with Gasteiger partial charge in [0.1, 0.15) is 11.5 Å². The van der Waals surface area contributed by atoms with Crippen molar-refractivity contribution in [1.82, 2.24) is 29.5 Å².